The molecule has 0 bridgehead atoms. The van der Waals surface area contributed by atoms with Crippen LogP contribution in [0.2, 0.25) is 0 Å². The lowest BCUT2D eigenvalue weighted by atomic mass is 10.1. The number of carboxylic acids is 1. The van der Waals surface area contributed by atoms with E-state index in [1.54, 1.807) is 42.5 Å². The van der Waals surface area contributed by atoms with E-state index in [1.807, 2.05) is 29.2 Å². The maximum atomic E-state index is 13.7. The first-order chi connectivity index (χ1) is 20.1. The van der Waals surface area contributed by atoms with E-state index in [2.05, 4.69) is 0 Å². The standard InChI is InChI=1S/C32H30F4N2O4/c33-26-11-6-12-27(18-26)42-30-14-4-2-9-24(30)20-38(16-15-28(37)31(39)40)19-23-8-1-3-13-29(23)41-21-22-7-5-10-25(17-22)32(34,35)36/h1-14,17-18,28H,15-16,19-21,37H2,(H,39,40). The van der Waals surface area contributed by atoms with E-state index in [0.717, 1.165) is 23.3 Å². The Kier molecular flexibility index (Phi) is 10.2. The molecule has 1 atom stereocenters. The summed E-state index contributed by atoms with van der Waals surface area (Å²) >= 11 is 0. The van der Waals surface area contributed by atoms with Crippen LogP contribution in [0.25, 0.3) is 0 Å². The summed E-state index contributed by atoms with van der Waals surface area (Å²) in [5.74, 6) is -0.239. The summed E-state index contributed by atoms with van der Waals surface area (Å²) in [5, 5.41) is 9.31. The first-order valence-corrected chi connectivity index (χ1v) is 13.2. The van der Waals surface area contributed by atoms with Crippen molar-refractivity contribution in [1.29, 1.82) is 0 Å². The Labute approximate surface area is 240 Å². The Morgan fingerprint density at radius 3 is 2.17 bits per heavy atom. The molecule has 1 unspecified atom stereocenters. The average molecular weight is 583 g/mol. The van der Waals surface area contributed by atoms with Gasteiger partial charge in [0.25, 0.3) is 0 Å². The van der Waals surface area contributed by atoms with Crippen molar-refractivity contribution in [3.8, 4) is 17.2 Å². The van der Waals surface area contributed by atoms with E-state index in [0.29, 0.717) is 42.4 Å². The second-order valence-electron chi connectivity index (χ2n) is 9.71. The summed E-state index contributed by atoms with van der Waals surface area (Å²) in [5.41, 5.74) is 6.92. The second kappa shape index (κ2) is 14.0. The summed E-state index contributed by atoms with van der Waals surface area (Å²) in [6.45, 7) is 0.887. The van der Waals surface area contributed by atoms with Gasteiger partial charge in [-0.1, -0.05) is 54.6 Å². The van der Waals surface area contributed by atoms with Crippen LogP contribution in [0.3, 0.4) is 0 Å². The number of aliphatic carboxylic acids is 1. The van der Waals surface area contributed by atoms with Crippen molar-refractivity contribution in [1.82, 2.24) is 4.90 Å². The van der Waals surface area contributed by atoms with Gasteiger partial charge >= 0.3 is 12.1 Å². The highest BCUT2D eigenvalue weighted by Gasteiger charge is 2.30. The number of halogens is 4. The first-order valence-electron chi connectivity index (χ1n) is 13.2. The normalized spacial score (nSPS) is 12.2. The maximum Gasteiger partial charge on any atom is 0.416 e. The summed E-state index contributed by atoms with van der Waals surface area (Å²) in [4.78, 5) is 13.4. The highest BCUT2D eigenvalue weighted by atomic mass is 19.4. The molecule has 0 aliphatic heterocycles. The number of para-hydroxylation sites is 2. The van der Waals surface area contributed by atoms with Crippen LogP contribution in [-0.4, -0.2) is 28.6 Å². The van der Waals surface area contributed by atoms with Crippen molar-refractivity contribution in [2.45, 2.75) is 38.3 Å². The Morgan fingerprint density at radius 2 is 1.50 bits per heavy atom. The number of carbonyl (C=O) groups is 1. The van der Waals surface area contributed by atoms with Crippen molar-refractivity contribution >= 4 is 5.97 Å². The van der Waals surface area contributed by atoms with Gasteiger partial charge in [0, 0.05) is 36.8 Å². The Bertz CT molecular complexity index is 1500. The highest BCUT2D eigenvalue weighted by Crippen LogP contribution is 2.31. The van der Waals surface area contributed by atoms with Gasteiger partial charge < -0.3 is 20.3 Å². The molecule has 4 rings (SSSR count). The quantitative estimate of drug-likeness (QED) is 0.165. The summed E-state index contributed by atoms with van der Waals surface area (Å²) in [7, 11) is 0. The van der Waals surface area contributed by atoms with Crippen LogP contribution in [0.5, 0.6) is 17.2 Å². The molecule has 0 aliphatic rings. The molecular weight excluding hydrogens is 552 g/mol. The van der Waals surface area contributed by atoms with Crippen LogP contribution >= 0.6 is 0 Å². The van der Waals surface area contributed by atoms with Crippen molar-refractivity contribution in [2.24, 2.45) is 5.73 Å². The molecule has 0 spiro atoms. The molecule has 4 aromatic carbocycles. The zero-order valence-electron chi connectivity index (χ0n) is 22.6. The van der Waals surface area contributed by atoms with Crippen LogP contribution in [0, 0.1) is 5.82 Å². The second-order valence-corrected chi connectivity index (χ2v) is 9.71. The lowest BCUT2D eigenvalue weighted by Gasteiger charge is -2.25. The minimum atomic E-state index is -4.46. The number of rotatable bonds is 13. The van der Waals surface area contributed by atoms with Crippen LogP contribution in [0.1, 0.15) is 28.7 Å². The molecule has 42 heavy (non-hydrogen) atoms. The predicted molar refractivity (Wildman–Crippen MR) is 149 cm³/mol. The minimum absolute atomic E-state index is 0.0743. The zero-order chi connectivity index (χ0) is 30.1. The average Bonchev–Trinajstić information content (AvgIpc) is 2.96. The molecule has 0 aliphatic carbocycles. The number of benzene rings is 4. The zero-order valence-corrected chi connectivity index (χ0v) is 22.6. The largest absolute Gasteiger partial charge is 0.489 e. The van der Waals surface area contributed by atoms with Gasteiger partial charge in [-0.25, -0.2) is 4.39 Å². The monoisotopic (exact) mass is 582 g/mol. The minimum Gasteiger partial charge on any atom is -0.489 e. The molecule has 10 heteroatoms. The van der Waals surface area contributed by atoms with Crippen molar-refractivity contribution in [3.63, 3.8) is 0 Å². The topological polar surface area (TPSA) is 85.0 Å². The number of nitrogens with zero attached hydrogens (tertiary/aromatic N) is 1. The highest BCUT2D eigenvalue weighted by molar-refractivity contribution is 5.73. The van der Waals surface area contributed by atoms with Crippen LogP contribution < -0.4 is 15.2 Å². The maximum absolute atomic E-state index is 13.7. The third kappa shape index (κ3) is 8.79. The number of hydrogen-bond donors (Lipinski definition) is 2. The van der Waals surface area contributed by atoms with Gasteiger partial charge in [-0.15, -0.1) is 0 Å². The number of nitrogens with two attached hydrogens (primary N) is 1. The van der Waals surface area contributed by atoms with Gasteiger partial charge in [-0.05, 0) is 48.4 Å². The van der Waals surface area contributed by atoms with E-state index in [-0.39, 0.29) is 13.0 Å². The van der Waals surface area contributed by atoms with Gasteiger partial charge in [-0.2, -0.15) is 13.2 Å². The molecule has 4 aromatic rings. The summed E-state index contributed by atoms with van der Waals surface area (Å²) < 4.78 is 65.1. The number of carboxylic acid groups (broad SMARTS) is 1. The van der Waals surface area contributed by atoms with Crippen molar-refractivity contribution in [2.75, 3.05) is 6.54 Å². The molecule has 3 N–H and O–H groups in total. The molecule has 0 saturated carbocycles. The van der Waals surface area contributed by atoms with Crippen LogP contribution in [0.4, 0.5) is 17.6 Å². The first kappa shape index (κ1) is 30.5. The van der Waals surface area contributed by atoms with Gasteiger partial charge in [0.1, 0.15) is 35.7 Å². The molecule has 0 fully saturated rings. The smallest absolute Gasteiger partial charge is 0.416 e. The van der Waals surface area contributed by atoms with Gasteiger partial charge in [0.15, 0.2) is 0 Å². The molecule has 0 radical (unpaired) electrons. The van der Waals surface area contributed by atoms with Gasteiger partial charge in [0.2, 0.25) is 0 Å². The Morgan fingerprint density at radius 1 is 0.857 bits per heavy atom. The van der Waals surface area contributed by atoms with Gasteiger partial charge in [-0.3, -0.25) is 9.69 Å². The molecule has 6 nitrogen and oxygen atoms in total. The third-order valence-electron chi connectivity index (χ3n) is 6.48. The number of ether oxygens (including phenoxy) is 2. The predicted octanol–water partition coefficient (Wildman–Crippen LogP) is 7.02. The van der Waals surface area contributed by atoms with E-state index >= 15 is 0 Å². The molecular formula is C32H30F4N2O4. The van der Waals surface area contributed by atoms with Gasteiger partial charge in [0.05, 0.1) is 5.56 Å². The number of hydrogen-bond acceptors (Lipinski definition) is 5. The van der Waals surface area contributed by atoms with E-state index in [9.17, 15) is 27.5 Å². The lowest BCUT2D eigenvalue weighted by molar-refractivity contribution is -0.139. The summed E-state index contributed by atoms with van der Waals surface area (Å²) in [6.07, 6.45) is -4.30. The fraction of sp³-hybridized carbons (Fsp3) is 0.219. The van der Waals surface area contributed by atoms with E-state index in [4.69, 9.17) is 15.2 Å². The molecule has 220 valence electrons. The van der Waals surface area contributed by atoms with Crippen LogP contribution in [-0.2, 0) is 30.7 Å². The van der Waals surface area contributed by atoms with Crippen molar-refractivity contribution in [3.05, 3.63) is 125 Å². The lowest BCUT2D eigenvalue weighted by Crippen LogP contribution is -2.35. The number of alkyl halides is 3. The Hall–Kier alpha value is -4.41. The van der Waals surface area contributed by atoms with Crippen LogP contribution in [0.15, 0.2) is 97.1 Å². The molecule has 0 aromatic heterocycles. The molecule has 0 saturated heterocycles. The van der Waals surface area contributed by atoms with E-state index < -0.39 is 29.6 Å². The summed E-state index contributed by atoms with van der Waals surface area (Å²) in [6, 6.07) is 24.0. The fourth-order valence-corrected chi connectivity index (χ4v) is 4.31. The molecule has 0 heterocycles. The molecule has 0 amide bonds. The fourth-order valence-electron chi connectivity index (χ4n) is 4.31. The van der Waals surface area contributed by atoms with E-state index in [1.165, 1.54) is 18.2 Å². The SMILES string of the molecule is NC(CCN(Cc1ccccc1OCc1cccc(C(F)(F)F)c1)Cc1ccccc1Oc1cccc(F)c1)C(=O)O. The Balaban J connectivity index is 1.54. The van der Waals surface area contributed by atoms with Crippen molar-refractivity contribution < 1.29 is 36.9 Å². The third-order valence-corrected chi connectivity index (χ3v) is 6.48.